The summed E-state index contributed by atoms with van der Waals surface area (Å²) in [5.41, 5.74) is 6.34. The quantitative estimate of drug-likeness (QED) is 0.685. The van der Waals surface area contributed by atoms with Crippen LogP contribution < -0.4 is 9.80 Å². The number of pyridine rings is 1. The highest BCUT2D eigenvalue weighted by Gasteiger charge is 2.32. The number of benzene rings is 2. The van der Waals surface area contributed by atoms with Gasteiger partial charge in [0.05, 0.1) is 0 Å². The van der Waals surface area contributed by atoms with Crippen molar-refractivity contribution < 1.29 is 4.79 Å². The highest BCUT2D eigenvalue weighted by Crippen LogP contribution is 2.36. The molecule has 1 amide bonds. The zero-order valence-electron chi connectivity index (χ0n) is 15.3. The molecule has 0 saturated carbocycles. The molecular formula is C23H21N3O. The maximum atomic E-state index is 13.3. The number of fused-ring (bicyclic) bond motifs is 2. The van der Waals surface area contributed by atoms with E-state index in [1.165, 1.54) is 16.8 Å². The van der Waals surface area contributed by atoms with E-state index in [-0.39, 0.29) is 11.9 Å². The van der Waals surface area contributed by atoms with Crippen LogP contribution in [-0.2, 0) is 12.8 Å². The van der Waals surface area contributed by atoms with Crippen molar-refractivity contribution in [1.82, 2.24) is 4.98 Å². The van der Waals surface area contributed by atoms with Crippen molar-refractivity contribution in [1.29, 1.82) is 0 Å². The lowest BCUT2D eigenvalue weighted by Gasteiger charge is -2.24. The van der Waals surface area contributed by atoms with E-state index in [1.54, 1.807) is 6.20 Å². The number of carbonyl (C=O) groups is 1. The summed E-state index contributed by atoms with van der Waals surface area (Å²) in [6.07, 6.45) is 3.66. The highest BCUT2D eigenvalue weighted by atomic mass is 16.2. The Labute approximate surface area is 159 Å². The third-order valence-corrected chi connectivity index (χ3v) is 5.59. The first-order valence-electron chi connectivity index (χ1n) is 9.45. The van der Waals surface area contributed by atoms with E-state index >= 15 is 0 Å². The molecule has 0 radical (unpaired) electrons. The fourth-order valence-corrected chi connectivity index (χ4v) is 4.31. The molecule has 3 heterocycles. The second-order valence-electron chi connectivity index (χ2n) is 7.29. The smallest absolute Gasteiger partial charge is 0.277 e. The van der Waals surface area contributed by atoms with E-state index in [0.717, 1.165) is 30.8 Å². The number of amides is 1. The summed E-state index contributed by atoms with van der Waals surface area (Å²) in [4.78, 5) is 21.8. The number of hydrogen-bond acceptors (Lipinski definition) is 3. The predicted octanol–water partition coefficient (Wildman–Crippen LogP) is 4.37. The fourth-order valence-electron chi connectivity index (χ4n) is 4.31. The number of rotatable bonds is 2. The normalized spacial score (nSPS) is 17.7. The van der Waals surface area contributed by atoms with E-state index in [0.29, 0.717) is 5.69 Å². The van der Waals surface area contributed by atoms with E-state index in [9.17, 15) is 4.79 Å². The van der Waals surface area contributed by atoms with Gasteiger partial charge in [-0.2, -0.15) is 0 Å². The van der Waals surface area contributed by atoms with Gasteiger partial charge in [-0.1, -0.05) is 36.4 Å². The van der Waals surface area contributed by atoms with Crippen LogP contribution in [-0.4, -0.2) is 23.5 Å². The van der Waals surface area contributed by atoms with Gasteiger partial charge < -0.3 is 9.80 Å². The molecule has 134 valence electrons. The van der Waals surface area contributed by atoms with Crippen molar-refractivity contribution >= 4 is 23.0 Å². The Bertz CT molecular complexity index is 1030. The van der Waals surface area contributed by atoms with Gasteiger partial charge in [-0.25, -0.2) is 0 Å². The van der Waals surface area contributed by atoms with Gasteiger partial charge in [0.15, 0.2) is 0 Å². The summed E-state index contributed by atoms with van der Waals surface area (Å²) >= 11 is 0. The van der Waals surface area contributed by atoms with Crippen LogP contribution in [0.5, 0.6) is 0 Å². The monoisotopic (exact) mass is 355 g/mol. The van der Waals surface area contributed by atoms with Crippen molar-refractivity contribution in [3.63, 3.8) is 0 Å². The Morgan fingerprint density at radius 1 is 1.00 bits per heavy atom. The molecular weight excluding hydrogens is 334 g/mol. The van der Waals surface area contributed by atoms with Gasteiger partial charge in [-0.3, -0.25) is 9.78 Å². The number of nitrogens with zero attached hydrogens (tertiary/aromatic N) is 3. The molecule has 0 N–H and O–H groups in total. The van der Waals surface area contributed by atoms with E-state index in [2.05, 4.69) is 47.1 Å². The molecule has 2 aliphatic heterocycles. The number of aromatic nitrogens is 1. The SMILES string of the molecule is CC1Cc2ccccc2N1C(=O)c1cc(N2CCc3ccccc32)ccn1. The number of anilines is 3. The minimum Gasteiger partial charge on any atom is -0.341 e. The van der Waals surface area contributed by atoms with Crippen molar-refractivity contribution in [3.05, 3.63) is 83.7 Å². The lowest BCUT2D eigenvalue weighted by Crippen LogP contribution is -2.36. The summed E-state index contributed by atoms with van der Waals surface area (Å²) in [5.74, 6) is -0.0261. The molecule has 0 aliphatic carbocycles. The van der Waals surface area contributed by atoms with Gasteiger partial charge in [0.2, 0.25) is 0 Å². The van der Waals surface area contributed by atoms with Crippen LogP contribution in [0.25, 0.3) is 0 Å². The van der Waals surface area contributed by atoms with Gasteiger partial charge in [0.1, 0.15) is 5.69 Å². The van der Waals surface area contributed by atoms with Crippen LogP contribution in [0.4, 0.5) is 17.1 Å². The molecule has 0 bridgehead atoms. The minimum absolute atomic E-state index is 0.0261. The van der Waals surface area contributed by atoms with Crippen LogP contribution in [0.3, 0.4) is 0 Å². The molecule has 4 heteroatoms. The standard InChI is InChI=1S/C23H21N3O/c1-16-14-18-7-3-5-9-22(18)26(16)23(27)20-15-19(10-12-24-20)25-13-11-17-6-2-4-8-21(17)25/h2-10,12,15-16H,11,13-14H2,1H3. The summed E-state index contributed by atoms with van der Waals surface area (Å²) in [5, 5.41) is 0. The van der Waals surface area contributed by atoms with Crippen LogP contribution in [0.2, 0.25) is 0 Å². The van der Waals surface area contributed by atoms with Crippen LogP contribution in [0.15, 0.2) is 66.9 Å². The molecule has 0 spiro atoms. The first kappa shape index (κ1) is 16.1. The summed E-state index contributed by atoms with van der Waals surface area (Å²) in [7, 11) is 0. The lowest BCUT2D eigenvalue weighted by molar-refractivity contribution is 0.0976. The van der Waals surface area contributed by atoms with E-state index in [4.69, 9.17) is 0 Å². The number of para-hydroxylation sites is 2. The second kappa shape index (κ2) is 6.23. The molecule has 0 saturated heterocycles. The zero-order chi connectivity index (χ0) is 18.4. The molecule has 2 aliphatic rings. The molecule has 2 aromatic carbocycles. The molecule has 0 fully saturated rings. The third-order valence-electron chi connectivity index (χ3n) is 5.59. The maximum absolute atomic E-state index is 13.3. The van der Waals surface area contributed by atoms with Gasteiger partial charge in [0.25, 0.3) is 5.91 Å². The highest BCUT2D eigenvalue weighted by molar-refractivity contribution is 6.07. The van der Waals surface area contributed by atoms with Gasteiger partial charge in [0, 0.05) is 35.8 Å². The van der Waals surface area contributed by atoms with Crippen molar-refractivity contribution in [2.75, 3.05) is 16.3 Å². The predicted molar refractivity (Wildman–Crippen MR) is 108 cm³/mol. The number of carbonyl (C=O) groups excluding carboxylic acids is 1. The average molecular weight is 355 g/mol. The summed E-state index contributed by atoms with van der Waals surface area (Å²) in [6, 6.07) is 20.7. The van der Waals surface area contributed by atoms with Crippen molar-refractivity contribution in [2.45, 2.75) is 25.8 Å². The largest absolute Gasteiger partial charge is 0.341 e. The Kier molecular flexibility index (Phi) is 3.71. The molecule has 1 unspecified atom stereocenters. The van der Waals surface area contributed by atoms with Crippen molar-refractivity contribution in [3.8, 4) is 0 Å². The molecule has 3 aromatic rings. The molecule has 1 atom stereocenters. The molecule has 4 nitrogen and oxygen atoms in total. The number of hydrogen-bond donors (Lipinski definition) is 0. The minimum atomic E-state index is -0.0261. The summed E-state index contributed by atoms with van der Waals surface area (Å²) < 4.78 is 0. The van der Waals surface area contributed by atoms with Gasteiger partial charge >= 0.3 is 0 Å². The topological polar surface area (TPSA) is 36.4 Å². The van der Waals surface area contributed by atoms with Gasteiger partial charge in [-0.05, 0) is 55.2 Å². The fraction of sp³-hybridized carbons (Fsp3) is 0.217. The Morgan fingerprint density at radius 2 is 1.74 bits per heavy atom. The first-order valence-corrected chi connectivity index (χ1v) is 9.45. The Hall–Kier alpha value is -3.14. The first-order chi connectivity index (χ1) is 13.2. The maximum Gasteiger partial charge on any atom is 0.277 e. The summed E-state index contributed by atoms with van der Waals surface area (Å²) in [6.45, 7) is 3.03. The van der Waals surface area contributed by atoms with Crippen LogP contribution in [0.1, 0.15) is 28.5 Å². The molecule has 5 rings (SSSR count). The average Bonchev–Trinajstić information content (AvgIpc) is 3.28. The molecule has 1 aromatic heterocycles. The van der Waals surface area contributed by atoms with Gasteiger partial charge in [-0.15, -0.1) is 0 Å². The Balaban J connectivity index is 1.49. The third kappa shape index (κ3) is 2.60. The second-order valence-corrected chi connectivity index (χ2v) is 7.29. The van der Waals surface area contributed by atoms with Crippen LogP contribution in [0, 0.1) is 0 Å². The van der Waals surface area contributed by atoms with E-state index in [1.807, 2.05) is 35.2 Å². The molecule has 27 heavy (non-hydrogen) atoms. The Morgan fingerprint density at radius 3 is 2.59 bits per heavy atom. The van der Waals surface area contributed by atoms with Crippen molar-refractivity contribution in [2.24, 2.45) is 0 Å². The lowest BCUT2D eigenvalue weighted by atomic mass is 10.1. The zero-order valence-corrected chi connectivity index (χ0v) is 15.3. The van der Waals surface area contributed by atoms with Crippen LogP contribution >= 0.6 is 0 Å². The van der Waals surface area contributed by atoms with E-state index < -0.39 is 0 Å².